The van der Waals surface area contributed by atoms with Crippen LogP contribution < -0.4 is 5.32 Å². The van der Waals surface area contributed by atoms with Gasteiger partial charge in [-0.15, -0.1) is 0 Å². The van der Waals surface area contributed by atoms with E-state index in [1.54, 1.807) is 0 Å². The zero-order valence-corrected chi connectivity index (χ0v) is 13.5. The molecule has 1 aliphatic rings. The zero-order chi connectivity index (χ0) is 14.5. The first-order valence-electron chi connectivity index (χ1n) is 8.49. The Labute approximate surface area is 125 Å². The van der Waals surface area contributed by atoms with Gasteiger partial charge in [-0.25, -0.2) is 0 Å². The highest BCUT2D eigenvalue weighted by molar-refractivity contribution is 4.62. The van der Waals surface area contributed by atoms with Crippen LogP contribution in [0.3, 0.4) is 0 Å². The highest BCUT2D eigenvalue weighted by Crippen LogP contribution is 2.06. The molecule has 0 bridgehead atoms. The molecule has 0 saturated carbocycles. The molecule has 0 amide bonds. The number of nitrogens with zero attached hydrogens (tertiary/aromatic N) is 1. The summed E-state index contributed by atoms with van der Waals surface area (Å²) in [7, 11) is 0. The molecule has 120 valence electrons. The fourth-order valence-electron chi connectivity index (χ4n) is 2.55. The van der Waals surface area contributed by atoms with E-state index in [4.69, 9.17) is 9.47 Å². The van der Waals surface area contributed by atoms with Gasteiger partial charge >= 0.3 is 0 Å². The minimum absolute atomic E-state index is 0.473. The molecule has 0 radical (unpaired) electrons. The molecule has 20 heavy (non-hydrogen) atoms. The minimum Gasteiger partial charge on any atom is -0.379 e. The van der Waals surface area contributed by atoms with Gasteiger partial charge in [-0.2, -0.15) is 0 Å². The van der Waals surface area contributed by atoms with Crippen LogP contribution >= 0.6 is 0 Å². The van der Waals surface area contributed by atoms with Crippen LogP contribution in [0.5, 0.6) is 0 Å². The predicted octanol–water partition coefficient (Wildman–Crippen LogP) is 2.28. The highest BCUT2D eigenvalue weighted by Gasteiger charge is 2.08. The van der Waals surface area contributed by atoms with Crippen LogP contribution in [-0.4, -0.2) is 63.5 Å². The molecule has 0 aromatic rings. The largest absolute Gasteiger partial charge is 0.379 e. The lowest BCUT2D eigenvalue weighted by atomic mass is 10.1. The van der Waals surface area contributed by atoms with E-state index in [-0.39, 0.29) is 0 Å². The predicted molar refractivity (Wildman–Crippen MR) is 84.3 cm³/mol. The fraction of sp³-hybridized carbons (Fsp3) is 1.00. The second-order valence-corrected chi connectivity index (χ2v) is 5.60. The van der Waals surface area contributed by atoms with Crippen LogP contribution in [0.15, 0.2) is 0 Å². The summed E-state index contributed by atoms with van der Waals surface area (Å²) in [5.41, 5.74) is 0. The third-order valence-corrected chi connectivity index (χ3v) is 3.85. The summed E-state index contributed by atoms with van der Waals surface area (Å²) in [6, 6.07) is 0. The standard InChI is InChI=1S/C16H34N2O2/c1-3-7-16(4-2)20-13-6-9-17-8-5-10-18-11-14-19-15-12-18/h16-17H,3-15H2,1-2H3. The van der Waals surface area contributed by atoms with Crippen molar-refractivity contribution in [3.63, 3.8) is 0 Å². The second-order valence-electron chi connectivity index (χ2n) is 5.60. The molecule has 1 rings (SSSR count). The third kappa shape index (κ3) is 8.90. The molecule has 1 fully saturated rings. The molecule has 1 saturated heterocycles. The van der Waals surface area contributed by atoms with Gasteiger partial charge in [0.2, 0.25) is 0 Å². The lowest BCUT2D eigenvalue weighted by Crippen LogP contribution is -2.37. The SMILES string of the molecule is CCCC(CC)OCCCNCCCN1CCOCC1. The smallest absolute Gasteiger partial charge is 0.0594 e. The molecule has 1 N–H and O–H groups in total. The van der Waals surface area contributed by atoms with Crippen LogP contribution in [0, 0.1) is 0 Å². The number of ether oxygens (including phenoxy) is 2. The van der Waals surface area contributed by atoms with Crippen LogP contribution in [-0.2, 0) is 9.47 Å². The first-order valence-corrected chi connectivity index (χ1v) is 8.49. The Kier molecular flexibility index (Phi) is 11.2. The first-order chi connectivity index (χ1) is 9.86. The van der Waals surface area contributed by atoms with Crippen molar-refractivity contribution in [3.8, 4) is 0 Å². The third-order valence-electron chi connectivity index (χ3n) is 3.85. The van der Waals surface area contributed by atoms with E-state index < -0.39 is 0 Å². The summed E-state index contributed by atoms with van der Waals surface area (Å²) in [5, 5.41) is 3.51. The molecule has 1 heterocycles. The van der Waals surface area contributed by atoms with E-state index in [1.807, 2.05) is 0 Å². The zero-order valence-electron chi connectivity index (χ0n) is 13.5. The number of morpholine rings is 1. The normalized spacial score (nSPS) is 18.3. The van der Waals surface area contributed by atoms with Crippen molar-refractivity contribution < 1.29 is 9.47 Å². The van der Waals surface area contributed by atoms with Gasteiger partial charge in [-0.05, 0) is 45.3 Å². The molecule has 4 nitrogen and oxygen atoms in total. The molecular weight excluding hydrogens is 252 g/mol. The van der Waals surface area contributed by atoms with E-state index >= 15 is 0 Å². The number of hydrogen-bond donors (Lipinski definition) is 1. The maximum atomic E-state index is 5.87. The lowest BCUT2D eigenvalue weighted by Gasteiger charge is -2.26. The van der Waals surface area contributed by atoms with Crippen molar-refractivity contribution in [2.45, 2.75) is 52.1 Å². The summed E-state index contributed by atoms with van der Waals surface area (Å²) < 4.78 is 11.2. The van der Waals surface area contributed by atoms with Crippen LogP contribution in [0.2, 0.25) is 0 Å². The molecule has 0 spiro atoms. The van der Waals surface area contributed by atoms with Crippen LogP contribution in [0.4, 0.5) is 0 Å². The molecule has 0 aromatic carbocycles. The summed E-state index contributed by atoms with van der Waals surface area (Å²) >= 11 is 0. The molecule has 0 aliphatic carbocycles. The fourth-order valence-corrected chi connectivity index (χ4v) is 2.55. The summed E-state index contributed by atoms with van der Waals surface area (Å²) in [6.07, 6.45) is 6.38. The number of hydrogen-bond acceptors (Lipinski definition) is 4. The molecule has 1 aliphatic heterocycles. The monoisotopic (exact) mass is 286 g/mol. The van der Waals surface area contributed by atoms with Crippen molar-refractivity contribution in [2.75, 3.05) is 52.5 Å². The molecule has 4 heteroatoms. The van der Waals surface area contributed by atoms with Crippen LogP contribution in [0.25, 0.3) is 0 Å². The van der Waals surface area contributed by atoms with Gasteiger partial charge in [0.25, 0.3) is 0 Å². The Bertz CT molecular complexity index is 198. The topological polar surface area (TPSA) is 33.7 Å². The summed E-state index contributed by atoms with van der Waals surface area (Å²) in [6.45, 7) is 12.7. The van der Waals surface area contributed by atoms with Crippen LogP contribution in [0.1, 0.15) is 46.0 Å². The average molecular weight is 286 g/mol. The lowest BCUT2D eigenvalue weighted by molar-refractivity contribution is 0.0371. The van der Waals surface area contributed by atoms with Crippen molar-refractivity contribution in [1.29, 1.82) is 0 Å². The van der Waals surface area contributed by atoms with Gasteiger partial charge in [0.15, 0.2) is 0 Å². The van der Waals surface area contributed by atoms with Gasteiger partial charge in [0.05, 0.1) is 19.3 Å². The van der Waals surface area contributed by atoms with Crippen molar-refractivity contribution in [3.05, 3.63) is 0 Å². The Morgan fingerprint density at radius 3 is 2.60 bits per heavy atom. The Morgan fingerprint density at radius 1 is 1.15 bits per heavy atom. The van der Waals surface area contributed by atoms with E-state index in [2.05, 4.69) is 24.1 Å². The maximum absolute atomic E-state index is 5.87. The van der Waals surface area contributed by atoms with Crippen molar-refractivity contribution >= 4 is 0 Å². The quantitative estimate of drug-likeness (QED) is 0.558. The van der Waals surface area contributed by atoms with E-state index in [0.717, 1.165) is 58.8 Å². The maximum Gasteiger partial charge on any atom is 0.0594 e. The first kappa shape index (κ1) is 17.9. The van der Waals surface area contributed by atoms with Gasteiger partial charge < -0.3 is 14.8 Å². The van der Waals surface area contributed by atoms with Gasteiger partial charge in [0.1, 0.15) is 0 Å². The minimum atomic E-state index is 0.473. The molecule has 0 aromatic heterocycles. The average Bonchev–Trinajstić information content (AvgIpc) is 2.49. The molecule has 1 atom stereocenters. The highest BCUT2D eigenvalue weighted by atomic mass is 16.5. The van der Waals surface area contributed by atoms with E-state index in [9.17, 15) is 0 Å². The molecule has 1 unspecified atom stereocenters. The Hall–Kier alpha value is -0.160. The number of rotatable bonds is 12. The van der Waals surface area contributed by atoms with Crippen molar-refractivity contribution in [2.24, 2.45) is 0 Å². The van der Waals surface area contributed by atoms with E-state index in [0.29, 0.717) is 6.10 Å². The Balaban J connectivity index is 1.82. The van der Waals surface area contributed by atoms with Gasteiger partial charge in [-0.3, -0.25) is 4.90 Å². The molecular formula is C16H34N2O2. The summed E-state index contributed by atoms with van der Waals surface area (Å²) in [4.78, 5) is 2.49. The summed E-state index contributed by atoms with van der Waals surface area (Å²) in [5.74, 6) is 0. The van der Waals surface area contributed by atoms with E-state index in [1.165, 1.54) is 25.8 Å². The number of nitrogens with one attached hydrogen (secondary N) is 1. The second kappa shape index (κ2) is 12.6. The van der Waals surface area contributed by atoms with Gasteiger partial charge in [0, 0.05) is 19.7 Å². The van der Waals surface area contributed by atoms with Crippen molar-refractivity contribution in [1.82, 2.24) is 10.2 Å². The Morgan fingerprint density at radius 2 is 1.90 bits per heavy atom. The van der Waals surface area contributed by atoms with Gasteiger partial charge in [-0.1, -0.05) is 20.3 Å².